The lowest BCUT2D eigenvalue weighted by molar-refractivity contribution is 0.164. The first kappa shape index (κ1) is 14.5. The minimum Gasteiger partial charge on any atom is -0.314 e. The molecule has 2 rings (SSSR count). The van der Waals surface area contributed by atoms with Crippen LogP contribution in [0.4, 0.5) is 0 Å². The van der Waals surface area contributed by atoms with Crippen molar-refractivity contribution < 1.29 is 0 Å². The summed E-state index contributed by atoms with van der Waals surface area (Å²) < 4.78 is 0. The first-order valence-electron chi connectivity index (χ1n) is 7.50. The van der Waals surface area contributed by atoms with E-state index in [9.17, 15) is 0 Å². The molecule has 3 nitrogen and oxygen atoms in total. The number of aryl methyl sites for hydroxylation is 1. The summed E-state index contributed by atoms with van der Waals surface area (Å²) in [5.41, 5.74) is 2.60. The second-order valence-electron chi connectivity index (χ2n) is 6.18. The normalized spacial score (nSPS) is 20.9. The summed E-state index contributed by atoms with van der Waals surface area (Å²) in [5, 5.41) is 3.57. The number of rotatable bonds is 5. The van der Waals surface area contributed by atoms with Crippen LogP contribution in [-0.2, 0) is 6.54 Å². The summed E-state index contributed by atoms with van der Waals surface area (Å²) >= 11 is 0. The van der Waals surface area contributed by atoms with E-state index in [0.717, 1.165) is 19.0 Å². The molecule has 1 N–H and O–H groups in total. The van der Waals surface area contributed by atoms with Crippen molar-refractivity contribution in [3.8, 4) is 0 Å². The van der Waals surface area contributed by atoms with Gasteiger partial charge in [-0.15, -0.1) is 0 Å². The van der Waals surface area contributed by atoms with E-state index in [0.29, 0.717) is 6.04 Å². The van der Waals surface area contributed by atoms with Gasteiger partial charge in [0.1, 0.15) is 0 Å². The van der Waals surface area contributed by atoms with E-state index in [-0.39, 0.29) is 0 Å². The fourth-order valence-corrected chi connectivity index (χ4v) is 2.83. The molecule has 106 valence electrons. The molecule has 1 aromatic heterocycles. The maximum Gasteiger partial charge on any atom is 0.0313 e. The largest absolute Gasteiger partial charge is 0.314 e. The maximum atomic E-state index is 4.29. The van der Waals surface area contributed by atoms with Crippen LogP contribution in [0.1, 0.15) is 37.8 Å². The molecule has 1 saturated heterocycles. The highest BCUT2D eigenvalue weighted by atomic mass is 15.1. The Bertz CT molecular complexity index is 389. The highest BCUT2D eigenvalue weighted by Gasteiger charge is 2.19. The number of hydrogen-bond acceptors (Lipinski definition) is 3. The number of nitrogens with one attached hydrogen (secondary N) is 1. The summed E-state index contributed by atoms with van der Waals surface area (Å²) in [6.07, 6.45) is 6.62. The predicted molar refractivity (Wildman–Crippen MR) is 80.1 cm³/mol. The van der Waals surface area contributed by atoms with Crippen molar-refractivity contribution in [1.29, 1.82) is 0 Å². The van der Waals surface area contributed by atoms with Gasteiger partial charge in [0.25, 0.3) is 0 Å². The average Bonchev–Trinajstić information content (AvgIpc) is 2.37. The van der Waals surface area contributed by atoms with Gasteiger partial charge in [-0.05, 0) is 49.9 Å². The Morgan fingerprint density at radius 3 is 3.00 bits per heavy atom. The van der Waals surface area contributed by atoms with Gasteiger partial charge in [-0.1, -0.05) is 19.9 Å². The van der Waals surface area contributed by atoms with Gasteiger partial charge in [0, 0.05) is 31.5 Å². The molecule has 0 bridgehead atoms. The van der Waals surface area contributed by atoms with Crippen LogP contribution in [0.15, 0.2) is 18.5 Å². The lowest BCUT2D eigenvalue weighted by Gasteiger charge is -2.33. The van der Waals surface area contributed by atoms with Gasteiger partial charge >= 0.3 is 0 Å². The lowest BCUT2D eigenvalue weighted by Crippen LogP contribution is -2.40. The molecular weight excluding hydrogens is 234 g/mol. The van der Waals surface area contributed by atoms with E-state index in [1.165, 1.54) is 37.1 Å². The second kappa shape index (κ2) is 7.01. The summed E-state index contributed by atoms with van der Waals surface area (Å²) in [5.74, 6) is 0.800. The predicted octanol–water partition coefficient (Wildman–Crippen LogP) is 2.60. The third kappa shape index (κ3) is 4.92. The first-order valence-corrected chi connectivity index (χ1v) is 7.50. The van der Waals surface area contributed by atoms with Gasteiger partial charge in [-0.25, -0.2) is 0 Å². The Hall–Kier alpha value is -0.930. The van der Waals surface area contributed by atoms with E-state index >= 15 is 0 Å². The maximum absolute atomic E-state index is 4.29. The molecule has 19 heavy (non-hydrogen) atoms. The summed E-state index contributed by atoms with van der Waals surface area (Å²) in [6.45, 7) is 11.2. The monoisotopic (exact) mass is 261 g/mol. The third-order valence-corrected chi connectivity index (χ3v) is 3.76. The fourth-order valence-electron chi connectivity index (χ4n) is 2.83. The number of piperidine rings is 1. The molecule has 0 saturated carbocycles. The molecule has 1 atom stereocenters. The minimum absolute atomic E-state index is 0.594. The SMILES string of the molecule is Cc1cncc(CN2CCCC(CNC(C)C)C2)c1. The van der Waals surface area contributed by atoms with Crippen LogP contribution < -0.4 is 5.32 Å². The summed E-state index contributed by atoms with van der Waals surface area (Å²) in [4.78, 5) is 6.87. The zero-order valence-corrected chi connectivity index (χ0v) is 12.5. The zero-order valence-electron chi connectivity index (χ0n) is 12.5. The number of aromatic nitrogens is 1. The number of hydrogen-bond donors (Lipinski definition) is 1. The van der Waals surface area contributed by atoms with Crippen molar-refractivity contribution in [2.24, 2.45) is 5.92 Å². The molecule has 0 amide bonds. The van der Waals surface area contributed by atoms with Crippen molar-refractivity contribution in [3.05, 3.63) is 29.6 Å². The van der Waals surface area contributed by atoms with Crippen LogP contribution in [0.2, 0.25) is 0 Å². The Morgan fingerprint density at radius 1 is 1.42 bits per heavy atom. The van der Waals surface area contributed by atoms with Crippen molar-refractivity contribution in [2.75, 3.05) is 19.6 Å². The molecule has 1 aliphatic heterocycles. The van der Waals surface area contributed by atoms with E-state index in [2.05, 4.69) is 42.0 Å². The van der Waals surface area contributed by atoms with Crippen LogP contribution in [0.25, 0.3) is 0 Å². The molecule has 1 fully saturated rings. The van der Waals surface area contributed by atoms with Gasteiger partial charge in [-0.2, -0.15) is 0 Å². The molecule has 2 heterocycles. The average molecular weight is 261 g/mol. The van der Waals surface area contributed by atoms with Crippen molar-refractivity contribution in [2.45, 2.75) is 46.2 Å². The quantitative estimate of drug-likeness (QED) is 0.883. The van der Waals surface area contributed by atoms with E-state index in [1.54, 1.807) is 0 Å². The molecule has 1 aliphatic rings. The molecule has 1 unspecified atom stereocenters. The second-order valence-corrected chi connectivity index (χ2v) is 6.18. The van der Waals surface area contributed by atoms with Crippen LogP contribution in [-0.4, -0.2) is 35.6 Å². The van der Waals surface area contributed by atoms with Crippen molar-refractivity contribution in [3.63, 3.8) is 0 Å². The summed E-state index contributed by atoms with van der Waals surface area (Å²) in [6, 6.07) is 2.85. The number of nitrogens with zero attached hydrogens (tertiary/aromatic N) is 2. The number of likely N-dealkylation sites (tertiary alicyclic amines) is 1. The first-order chi connectivity index (χ1) is 9.13. The van der Waals surface area contributed by atoms with Crippen molar-refractivity contribution >= 4 is 0 Å². The van der Waals surface area contributed by atoms with Gasteiger partial charge in [0.2, 0.25) is 0 Å². The standard InChI is InChI=1S/C16H27N3/c1-13(2)18-10-15-5-4-6-19(11-15)12-16-7-14(3)8-17-9-16/h7-9,13,15,18H,4-6,10-12H2,1-3H3. The van der Waals surface area contributed by atoms with E-state index in [1.807, 2.05) is 12.4 Å². The van der Waals surface area contributed by atoms with Crippen molar-refractivity contribution in [1.82, 2.24) is 15.2 Å². The highest BCUT2D eigenvalue weighted by molar-refractivity contribution is 5.16. The number of pyridine rings is 1. The Labute approximate surface area is 117 Å². The van der Waals surface area contributed by atoms with Gasteiger partial charge in [0.15, 0.2) is 0 Å². The molecule has 0 aliphatic carbocycles. The fraction of sp³-hybridized carbons (Fsp3) is 0.688. The van der Waals surface area contributed by atoms with Gasteiger partial charge < -0.3 is 5.32 Å². The Balaban J connectivity index is 1.83. The highest BCUT2D eigenvalue weighted by Crippen LogP contribution is 2.18. The zero-order chi connectivity index (χ0) is 13.7. The molecule has 1 aromatic rings. The van der Waals surface area contributed by atoms with Gasteiger partial charge in [-0.3, -0.25) is 9.88 Å². The van der Waals surface area contributed by atoms with E-state index in [4.69, 9.17) is 0 Å². The molecule has 0 radical (unpaired) electrons. The summed E-state index contributed by atoms with van der Waals surface area (Å²) in [7, 11) is 0. The van der Waals surface area contributed by atoms with Crippen LogP contribution >= 0.6 is 0 Å². The lowest BCUT2D eigenvalue weighted by atomic mass is 9.97. The van der Waals surface area contributed by atoms with Crippen LogP contribution in [0.3, 0.4) is 0 Å². The minimum atomic E-state index is 0.594. The van der Waals surface area contributed by atoms with Gasteiger partial charge in [0.05, 0.1) is 0 Å². The van der Waals surface area contributed by atoms with Crippen LogP contribution in [0.5, 0.6) is 0 Å². The topological polar surface area (TPSA) is 28.2 Å². The third-order valence-electron chi connectivity index (χ3n) is 3.76. The molecule has 0 aromatic carbocycles. The Morgan fingerprint density at radius 2 is 2.26 bits per heavy atom. The van der Waals surface area contributed by atoms with Crippen LogP contribution in [0, 0.1) is 12.8 Å². The molecule has 0 spiro atoms. The van der Waals surface area contributed by atoms with E-state index < -0.39 is 0 Å². The smallest absolute Gasteiger partial charge is 0.0313 e. The molecule has 3 heteroatoms. The Kier molecular flexibility index (Phi) is 5.34. The molecular formula is C16H27N3.